The lowest BCUT2D eigenvalue weighted by atomic mass is 10.2. The number of benzene rings is 1. The molecule has 0 aliphatic heterocycles. The molecular formula is C11H12BrClN2. The molecule has 2 nitrogen and oxygen atoms in total. The Labute approximate surface area is 102 Å². The molecule has 2 rings (SSSR count). The second-order valence-electron chi connectivity index (χ2n) is 3.51. The largest absolute Gasteiger partial charge is 0.345 e. The molecule has 0 aliphatic carbocycles. The summed E-state index contributed by atoms with van der Waals surface area (Å²) in [5.41, 5.74) is 2.42. The first-order chi connectivity index (χ1) is 7.15. The quantitative estimate of drug-likeness (QED) is 0.897. The number of nitrogens with zero attached hydrogens (tertiary/aromatic N) is 1. The second-order valence-corrected chi connectivity index (χ2v) is 4.74. The standard InChI is InChI=1S/C11H12BrClN2/c1-14-6-10-11(12)8-5-7(13)3-4-9(8)15(10)2/h3-5,14H,6H2,1-2H3. The van der Waals surface area contributed by atoms with Crippen molar-refractivity contribution in [1.29, 1.82) is 0 Å². The number of aromatic nitrogens is 1. The van der Waals surface area contributed by atoms with Gasteiger partial charge in [-0.2, -0.15) is 0 Å². The summed E-state index contributed by atoms with van der Waals surface area (Å²) in [6.07, 6.45) is 0. The fraction of sp³-hybridized carbons (Fsp3) is 0.273. The van der Waals surface area contributed by atoms with E-state index in [9.17, 15) is 0 Å². The van der Waals surface area contributed by atoms with Crippen molar-refractivity contribution in [2.45, 2.75) is 6.54 Å². The SMILES string of the molecule is CNCc1c(Br)c2cc(Cl)ccc2n1C. The van der Waals surface area contributed by atoms with Crippen molar-refractivity contribution in [2.24, 2.45) is 7.05 Å². The molecule has 2 aromatic rings. The van der Waals surface area contributed by atoms with Gasteiger partial charge in [0.2, 0.25) is 0 Å². The highest BCUT2D eigenvalue weighted by atomic mass is 79.9. The van der Waals surface area contributed by atoms with Gasteiger partial charge >= 0.3 is 0 Å². The maximum atomic E-state index is 5.98. The molecule has 0 saturated carbocycles. The van der Waals surface area contributed by atoms with Crippen LogP contribution in [0.1, 0.15) is 5.69 Å². The molecule has 0 aliphatic rings. The minimum Gasteiger partial charge on any atom is -0.345 e. The van der Waals surface area contributed by atoms with Crippen molar-refractivity contribution >= 4 is 38.4 Å². The van der Waals surface area contributed by atoms with Crippen LogP contribution in [-0.2, 0) is 13.6 Å². The van der Waals surface area contributed by atoms with E-state index >= 15 is 0 Å². The predicted molar refractivity (Wildman–Crippen MR) is 68.4 cm³/mol. The van der Waals surface area contributed by atoms with Gasteiger partial charge in [-0.25, -0.2) is 0 Å². The summed E-state index contributed by atoms with van der Waals surface area (Å²) < 4.78 is 3.29. The normalized spacial score (nSPS) is 11.2. The maximum absolute atomic E-state index is 5.98. The minimum atomic E-state index is 0.768. The smallest absolute Gasteiger partial charge is 0.0493 e. The van der Waals surface area contributed by atoms with Crippen LogP contribution >= 0.6 is 27.5 Å². The van der Waals surface area contributed by atoms with E-state index in [1.54, 1.807) is 0 Å². The lowest BCUT2D eigenvalue weighted by Gasteiger charge is -2.03. The Bertz CT molecular complexity index is 505. The zero-order valence-electron chi connectivity index (χ0n) is 8.64. The molecule has 0 unspecified atom stereocenters. The molecule has 0 spiro atoms. The number of hydrogen-bond acceptors (Lipinski definition) is 1. The van der Waals surface area contributed by atoms with Crippen LogP contribution in [0.3, 0.4) is 0 Å². The van der Waals surface area contributed by atoms with Crippen LogP contribution in [0.25, 0.3) is 10.9 Å². The molecule has 0 fully saturated rings. The van der Waals surface area contributed by atoms with Crippen molar-refractivity contribution < 1.29 is 0 Å². The zero-order chi connectivity index (χ0) is 11.0. The Kier molecular flexibility index (Phi) is 3.05. The number of fused-ring (bicyclic) bond motifs is 1. The summed E-state index contributed by atoms with van der Waals surface area (Å²) in [6, 6.07) is 5.95. The Morgan fingerprint density at radius 2 is 2.20 bits per heavy atom. The molecule has 1 aromatic heterocycles. The summed E-state index contributed by atoms with van der Waals surface area (Å²) in [6.45, 7) is 0.837. The molecule has 4 heteroatoms. The van der Waals surface area contributed by atoms with Crippen LogP contribution in [0.2, 0.25) is 5.02 Å². The van der Waals surface area contributed by atoms with Crippen LogP contribution in [-0.4, -0.2) is 11.6 Å². The van der Waals surface area contributed by atoms with Crippen LogP contribution < -0.4 is 5.32 Å². The lowest BCUT2D eigenvalue weighted by Crippen LogP contribution is -2.09. The van der Waals surface area contributed by atoms with Gasteiger partial charge in [-0.3, -0.25) is 0 Å². The van der Waals surface area contributed by atoms with E-state index in [0.717, 1.165) is 21.4 Å². The fourth-order valence-electron chi connectivity index (χ4n) is 1.79. The topological polar surface area (TPSA) is 17.0 Å². The highest BCUT2D eigenvalue weighted by Crippen LogP contribution is 2.32. The van der Waals surface area contributed by atoms with Gasteiger partial charge in [0.05, 0.1) is 0 Å². The molecule has 1 N–H and O–H groups in total. The van der Waals surface area contributed by atoms with Crippen molar-refractivity contribution in [2.75, 3.05) is 7.05 Å². The molecule has 0 bridgehead atoms. The highest BCUT2D eigenvalue weighted by Gasteiger charge is 2.12. The molecular weight excluding hydrogens is 275 g/mol. The zero-order valence-corrected chi connectivity index (χ0v) is 11.0. The Morgan fingerprint density at radius 3 is 2.87 bits per heavy atom. The Morgan fingerprint density at radius 1 is 1.47 bits per heavy atom. The molecule has 0 saturated heterocycles. The number of hydrogen-bond donors (Lipinski definition) is 1. The first kappa shape index (κ1) is 11.0. The highest BCUT2D eigenvalue weighted by molar-refractivity contribution is 9.10. The molecule has 0 atom stereocenters. The van der Waals surface area contributed by atoms with Gasteiger partial charge in [0.15, 0.2) is 0 Å². The third-order valence-electron chi connectivity index (χ3n) is 2.56. The van der Waals surface area contributed by atoms with Gasteiger partial charge in [-0.05, 0) is 41.2 Å². The van der Waals surface area contributed by atoms with E-state index in [-0.39, 0.29) is 0 Å². The van der Waals surface area contributed by atoms with Gasteiger partial charge in [-0.1, -0.05) is 11.6 Å². The molecule has 1 aromatic carbocycles. The van der Waals surface area contributed by atoms with Gasteiger partial charge < -0.3 is 9.88 Å². The van der Waals surface area contributed by atoms with E-state index in [2.05, 4.69) is 32.9 Å². The summed E-state index contributed by atoms with van der Waals surface area (Å²) >= 11 is 9.60. The summed E-state index contributed by atoms with van der Waals surface area (Å²) in [5.74, 6) is 0. The molecule has 0 radical (unpaired) electrons. The van der Waals surface area contributed by atoms with E-state index in [4.69, 9.17) is 11.6 Å². The van der Waals surface area contributed by atoms with Gasteiger partial charge in [-0.15, -0.1) is 0 Å². The van der Waals surface area contributed by atoms with Crippen molar-refractivity contribution in [3.05, 3.63) is 33.4 Å². The Hall–Kier alpha value is -0.510. The van der Waals surface area contributed by atoms with Crippen LogP contribution in [0.5, 0.6) is 0 Å². The van der Waals surface area contributed by atoms with E-state index in [1.807, 2.05) is 25.2 Å². The van der Waals surface area contributed by atoms with E-state index in [0.29, 0.717) is 0 Å². The predicted octanol–water partition coefficient (Wildman–Crippen LogP) is 3.31. The number of nitrogens with one attached hydrogen (secondary N) is 1. The second kappa shape index (κ2) is 4.16. The minimum absolute atomic E-state index is 0.768. The van der Waals surface area contributed by atoms with Crippen LogP contribution in [0.4, 0.5) is 0 Å². The summed E-state index contributed by atoms with van der Waals surface area (Å²) in [7, 11) is 4.00. The number of halogens is 2. The molecule has 1 heterocycles. The number of rotatable bonds is 2. The molecule has 15 heavy (non-hydrogen) atoms. The average Bonchev–Trinajstić information content (AvgIpc) is 2.44. The fourth-order valence-corrected chi connectivity index (χ4v) is 2.68. The van der Waals surface area contributed by atoms with Crippen LogP contribution in [0.15, 0.2) is 22.7 Å². The molecule has 0 amide bonds. The van der Waals surface area contributed by atoms with Gasteiger partial charge in [0.1, 0.15) is 0 Å². The van der Waals surface area contributed by atoms with Crippen molar-refractivity contribution in [3.8, 4) is 0 Å². The molecule has 80 valence electrons. The van der Waals surface area contributed by atoms with Crippen LogP contribution in [0, 0.1) is 0 Å². The summed E-state index contributed by atoms with van der Waals surface area (Å²) in [4.78, 5) is 0. The van der Waals surface area contributed by atoms with E-state index < -0.39 is 0 Å². The van der Waals surface area contributed by atoms with Crippen molar-refractivity contribution in [1.82, 2.24) is 9.88 Å². The van der Waals surface area contributed by atoms with Gasteiger partial charge in [0, 0.05) is 39.7 Å². The first-order valence-electron chi connectivity index (χ1n) is 4.72. The number of aryl methyl sites for hydroxylation is 1. The third-order valence-corrected chi connectivity index (χ3v) is 3.68. The monoisotopic (exact) mass is 286 g/mol. The van der Waals surface area contributed by atoms with Gasteiger partial charge in [0.25, 0.3) is 0 Å². The lowest BCUT2D eigenvalue weighted by molar-refractivity contribution is 0.741. The summed E-state index contributed by atoms with van der Waals surface area (Å²) in [5, 5.41) is 5.09. The van der Waals surface area contributed by atoms with Crippen molar-refractivity contribution in [3.63, 3.8) is 0 Å². The maximum Gasteiger partial charge on any atom is 0.0493 e. The Balaban J connectivity index is 2.73. The third kappa shape index (κ3) is 1.80. The van der Waals surface area contributed by atoms with E-state index in [1.165, 1.54) is 11.2 Å². The average molecular weight is 288 g/mol. The first-order valence-corrected chi connectivity index (χ1v) is 5.89.